The first kappa shape index (κ1) is 43.8. The van der Waals surface area contributed by atoms with Crippen molar-refractivity contribution in [3.8, 4) is 0 Å². The average Bonchev–Trinajstić information content (AvgIpc) is 2.32. The highest BCUT2D eigenvalue weighted by Crippen LogP contribution is 2.43. The summed E-state index contributed by atoms with van der Waals surface area (Å²) in [5.74, 6) is 0. The molecular weight excluding hydrogens is 489 g/mol. The monoisotopic (exact) mass is 522 g/mol. The van der Waals surface area contributed by atoms with E-state index in [0.29, 0.717) is 0 Å². The van der Waals surface area contributed by atoms with Gasteiger partial charge in [-0.25, -0.2) is 0 Å². The summed E-state index contributed by atoms with van der Waals surface area (Å²) in [4.78, 5) is 63.6. The highest BCUT2D eigenvalue weighted by atomic mass is 31.2. The Hall–Kier alpha value is -0.0300. The van der Waals surface area contributed by atoms with Gasteiger partial charge in [-0.15, -0.1) is 0 Å². The van der Waals surface area contributed by atoms with Gasteiger partial charge in [0.05, 0.1) is 23.5 Å². The molecule has 0 saturated heterocycles. The van der Waals surface area contributed by atoms with Crippen LogP contribution < -0.4 is 66.3 Å². The van der Waals surface area contributed by atoms with Crippen molar-refractivity contribution in [1.29, 1.82) is 0 Å². The van der Waals surface area contributed by atoms with Crippen LogP contribution in [-0.2, 0) is 27.3 Å². The van der Waals surface area contributed by atoms with Gasteiger partial charge in [0.15, 0.2) is 0 Å². The van der Waals surface area contributed by atoms with Gasteiger partial charge in [-0.3, -0.25) is 0 Å². The highest BCUT2D eigenvalue weighted by molar-refractivity contribution is 7.43. The number of quaternary nitrogens is 6. The zero-order chi connectivity index (χ0) is 19.1. The molecule has 1 saturated carbocycles. The summed E-state index contributed by atoms with van der Waals surface area (Å²) in [5, 5.41) is 28.9. The Labute approximate surface area is 170 Å². The van der Waals surface area contributed by atoms with E-state index in [1.165, 1.54) is 0 Å². The number of hydrogen-bond donors (Lipinski definition) is 9. The van der Waals surface area contributed by atoms with E-state index in [9.17, 15) is 58.4 Å². The number of aliphatic hydroxyl groups is 3. The van der Waals surface area contributed by atoms with Gasteiger partial charge in [-0.1, -0.05) is 0 Å². The largest absolute Gasteiger partial charge is 0.790 e. The Morgan fingerprint density at radius 3 is 0.933 bits per heavy atom. The van der Waals surface area contributed by atoms with Crippen molar-refractivity contribution in [3.63, 3.8) is 0 Å². The molecule has 1 aliphatic rings. The predicted molar refractivity (Wildman–Crippen MR) is 91.4 cm³/mol. The van der Waals surface area contributed by atoms with Gasteiger partial charge in [-0.05, 0) is 0 Å². The van der Waals surface area contributed by atoms with Crippen molar-refractivity contribution >= 4 is 23.5 Å². The lowest BCUT2D eigenvalue weighted by molar-refractivity contribution is -0.371. The van der Waals surface area contributed by atoms with E-state index in [4.69, 9.17) is 0 Å². The molecule has 0 bridgehead atoms. The van der Waals surface area contributed by atoms with Gasteiger partial charge in [0.1, 0.15) is 36.6 Å². The third-order valence-corrected chi connectivity index (χ3v) is 4.28. The van der Waals surface area contributed by atoms with Crippen molar-refractivity contribution in [1.82, 2.24) is 36.9 Å². The van der Waals surface area contributed by atoms with E-state index < -0.39 is 60.1 Å². The normalized spacial score (nSPS) is 28.7. The first-order valence-corrected chi connectivity index (χ1v) is 10.1. The van der Waals surface area contributed by atoms with Gasteiger partial charge < -0.3 is 109 Å². The van der Waals surface area contributed by atoms with E-state index in [1.54, 1.807) is 0 Å². The second-order valence-corrected chi connectivity index (χ2v) is 7.84. The third kappa shape index (κ3) is 13.4. The number of hydrogen-bond acceptors (Lipinski definition) is 15. The predicted octanol–water partition coefficient (Wildman–Crippen LogP) is -5.02. The molecule has 0 radical (unpaired) electrons. The molecule has 0 aromatic carbocycles. The van der Waals surface area contributed by atoms with Crippen molar-refractivity contribution in [3.05, 3.63) is 0 Å². The standard InChI is InChI=1S/C6H15O15P3.6H3N/c7-1-2(8)5(20-23(13,14)15)6(21-24(16,17)18)3(9)4(1)19-22(10,11)12;;;;;;/h1-9H,(H2,10,11,12)(H2,13,14,15)(H2,16,17,18);6*1H3/t1-,2-,3-,4-,5+,6+;;;;;;/m1....../s1. The zero-order valence-corrected chi connectivity index (χ0v) is 19.7. The molecule has 0 heterocycles. The molecular formula is C6H33N6O15P3. The van der Waals surface area contributed by atoms with E-state index in [1.807, 2.05) is 0 Å². The molecule has 0 amide bonds. The van der Waals surface area contributed by atoms with Crippen LogP contribution in [0.2, 0.25) is 0 Å². The molecule has 0 unspecified atom stereocenters. The first-order chi connectivity index (χ1) is 10.5. The number of aliphatic hydroxyl groups excluding tert-OH is 3. The minimum absolute atomic E-state index is 0. The summed E-state index contributed by atoms with van der Waals surface area (Å²) in [6.07, 6.45) is -15.7. The summed E-state index contributed by atoms with van der Waals surface area (Å²) >= 11 is 0. The van der Waals surface area contributed by atoms with E-state index >= 15 is 0 Å². The molecule has 6 atom stereocenters. The maximum atomic E-state index is 10.6. The Balaban J connectivity index is -0.000000240. The van der Waals surface area contributed by atoms with Crippen LogP contribution in [0.25, 0.3) is 0 Å². The fourth-order valence-corrected chi connectivity index (χ4v) is 3.62. The first-order valence-electron chi connectivity index (χ1n) is 5.67. The van der Waals surface area contributed by atoms with Crippen molar-refractivity contribution in [2.45, 2.75) is 36.6 Å². The van der Waals surface area contributed by atoms with Crippen molar-refractivity contribution in [2.75, 3.05) is 0 Å². The fraction of sp³-hybridized carbons (Fsp3) is 1.00. The Bertz CT molecular complexity index is 595. The number of phosphoric ester groups is 3. The lowest BCUT2D eigenvalue weighted by Crippen LogP contribution is -2.66. The molecule has 1 fully saturated rings. The summed E-state index contributed by atoms with van der Waals surface area (Å²) in [6, 6.07) is 0. The average molecular weight is 522 g/mol. The number of rotatable bonds is 6. The summed E-state index contributed by atoms with van der Waals surface area (Å²) < 4.78 is 43.0. The van der Waals surface area contributed by atoms with Crippen LogP contribution in [0.3, 0.4) is 0 Å². The topological polar surface area (TPSA) is 497 Å². The minimum atomic E-state index is -6.01. The zero-order valence-electron chi connectivity index (χ0n) is 17.0. The Morgan fingerprint density at radius 1 is 0.467 bits per heavy atom. The van der Waals surface area contributed by atoms with Gasteiger partial charge in [-0.2, -0.15) is 0 Å². The summed E-state index contributed by atoms with van der Waals surface area (Å²) in [5.41, 5.74) is 0. The fourth-order valence-electron chi connectivity index (χ4n) is 1.98. The highest BCUT2D eigenvalue weighted by Gasteiger charge is 2.52. The maximum Gasteiger partial charge on any atom is 0.120 e. The summed E-state index contributed by atoms with van der Waals surface area (Å²) in [6.45, 7) is 0. The summed E-state index contributed by atoms with van der Waals surface area (Å²) in [7, 11) is -17.9. The lowest BCUT2D eigenvalue weighted by Gasteiger charge is -2.51. The quantitative estimate of drug-likeness (QED) is 0.147. The van der Waals surface area contributed by atoms with Crippen LogP contribution in [-0.4, -0.2) is 51.9 Å². The van der Waals surface area contributed by atoms with Gasteiger partial charge in [0, 0.05) is 0 Å². The van der Waals surface area contributed by atoms with Crippen LogP contribution in [0.1, 0.15) is 0 Å². The smallest absolute Gasteiger partial charge is 0.120 e. The van der Waals surface area contributed by atoms with Gasteiger partial charge >= 0.3 is 0 Å². The van der Waals surface area contributed by atoms with Crippen LogP contribution in [0, 0.1) is 0 Å². The molecule has 0 aromatic rings. The van der Waals surface area contributed by atoms with Crippen LogP contribution in [0.5, 0.6) is 0 Å². The molecule has 21 nitrogen and oxygen atoms in total. The van der Waals surface area contributed by atoms with Gasteiger partial charge in [0.2, 0.25) is 0 Å². The second-order valence-electron chi connectivity index (χ2n) is 4.52. The van der Waals surface area contributed by atoms with Gasteiger partial charge in [0.25, 0.3) is 0 Å². The molecule has 27 N–H and O–H groups in total. The van der Waals surface area contributed by atoms with E-state index in [-0.39, 0.29) is 36.9 Å². The SMILES string of the molecule is O=P([O-])([O-])O[C@@H]1[C@H](O)[C@@H](O)[C@H](OP(=O)([O-])[O-])[C@@H](OP(=O)([O-])[O-])[C@@H]1O.[NH4+].[NH4+].[NH4+].[NH4+].[NH4+].[NH4+]. The molecule has 0 aliphatic heterocycles. The number of phosphoric acid groups is 3. The van der Waals surface area contributed by atoms with Crippen LogP contribution in [0.15, 0.2) is 0 Å². The molecule has 192 valence electrons. The van der Waals surface area contributed by atoms with Crippen LogP contribution in [0.4, 0.5) is 0 Å². The van der Waals surface area contributed by atoms with Crippen LogP contribution >= 0.6 is 23.5 Å². The van der Waals surface area contributed by atoms with Crippen molar-refractivity contribution < 1.29 is 71.9 Å². The lowest BCUT2D eigenvalue weighted by atomic mass is 9.85. The molecule has 0 aromatic heterocycles. The van der Waals surface area contributed by atoms with E-state index in [0.717, 1.165) is 0 Å². The Morgan fingerprint density at radius 2 is 0.667 bits per heavy atom. The molecule has 24 heteroatoms. The molecule has 1 rings (SSSR count). The third-order valence-electron chi connectivity index (χ3n) is 2.77. The minimum Gasteiger partial charge on any atom is -0.790 e. The Kier molecular flexibility index (Phi) is 21.8. The molecule has 0 spiro atoms. The maximum absolute atomic E-state index is 10.6. The molecule has 1 aliphatic carbocycles. The second kappa shape index (κ2) is 14.9. The molecule has 30 heavy (non-hydrogen) atoms. The van der Waals surface area contributed by atoms with E-state index in [2.05, 4.69) is 13.6 Å². The van der Waals surface area contributed by atoms with Crippen molar-refractivity contribution in [2.24, 2.45) is 0 Å².